The van der Waals surface area contributed by atoms with Gasteiger partial charge in [-0.3, -0.25) is 0 Å². The molecule has 0 aliphatic heterocycles. The summed E-state index contributed by atoms with van der Waals surface area (Å²) >= 11 is 0. The fraction of sp³-hybridized carbons (Fsp3) is 0.0526. The van der Waals surface area contributed by atoms with Crippen molar-refractivity contribution in [3.05, 3.63) is 182 Å². The van der Waals surface area contributed by atoms with Gasteiger partial charge in [0.15, 0.2) is 0 Å². The van der Waals surface area contributed by atoms with E-state index in [0.717, 1.165) is 12.1 Å². The summed E-state index contributed by atoms with van der Waals surface area (Å²) in [6, 6.07) is 70.1. The van der Waals surface area contributed by atoms with Gasteiger partial charge in [-0.25, -0.2) is 10.9 Å². The monoisotopic (exact) mass is 769 g/mol. The van der Waals surface area contributed by atoms with Crippen molar-refractivity contribution in [2.45, 2.75) is 0 Å². The van der Waals surface area contributed by atoms with Gasteiger partial charge in [-0.2, -0.15) is 0 Å². The van der Waals surface area contributed by atoms with Crippen molar-refractivity contribution in [3.63, 3.8) is 0 Å². The van der Waals surface area contributed by atoms with Crippen molar-refractivity contribution in [1.82, 2.24) is 0 Å². The third-order valence-corrected chi connectivity index (χ3v) is 14.3. The third-order valence-electron chi connectivity index (χ3n) is 8.30. The molecule has 202 valence electrons. The first-order valence-electron chi connectivity index (χ1n) is 14.5. The second kappa shape index (κ2) is 15.1. The largest absolute Gasteiger partial charge is 1.00 e. The molecule has 0 heterocycles. The summed E-state index contributed by atoms with van der Waals surface area (Å²) in [6.07, 6.45) is -1.15. The summed E-state index contributed by atoms with van der Waals surface area (Å²) in [5.74, 6) is 0. The number of rotatable bonds is 10. The summed E-state index contributed by atoms with van der Waals surface area (Å²) < 4.78 is 0. The Morgan fingerprint density at radius 1 is 0.405 bits per heavy atom. The van der Waals surface area contributed by atoms with Crippen LogP contribution in [-0.2, 0) is 0 Å². The molecule has 0 nitrogen and oxygen atoms in total. The Bertz CT molecular complexity index is 1410. The van der Waals surface area contributed by atoms with E-state index in [1.54, 1.807) is 0 Å². The first-order chi connectivity index (χ1) is 20.3. The zero-order valence-electron chi connectivity index (χ0n) is 23.8. The van der Waals surface area contributed by atoms with Gasteiger partial charge in [-0.1, -0.05) is 166 Å². The minimum Gasteiger partial charge on any atom is -0.200 e. The van der Waals surface area contributed by atoms with Crippen LogP contribution in [0.3, 0.4) is 0 Å². The van der Waals surface area contributed by atoms with Crippen LogP contribution in [0, 0.1) is 0 Å². The van der Waals surface area contributed by atoms with E-state index in [9.17, 15) is 0 Å². The van der Waals surface area contributed by atoms with Gasteiger partial charge in [0.1, 0.15) is 0 Å². The minimum absolute atomic E-state index is 0. The van der Waals surface area contributed by atoms with Crippen molar-refractivity contribution in [3.8, 4) is 0 Å². The number of benzene rings is 6. The van der Waals surface area contributed by atoms with Crippen LogP contribution in [0.15, 0.2) is 182 Å². The standard InChI is InChI=1S/C38H34BP2.Tl/c1-7-19-33(20-8-1)39(34-21-9-2-10-22-34,31-40(35-23-11-3-12-24-35)36-25-13-4-14-26-36)32-41(37-27-15-5-16-28-37)38-29-17-6-18-30-38;/h1-30H,31-32H2;/q-1;+1/p+1. The molecule has 0 unspecified atom stereocenters. The summed E-state index contributed by atoms with van der Waals surface area (Å²) in [5.41, 5.74) is 2.93. The first-order valence-corrected chi connectivity index (χ1v) is 17.7. The molecule has 0 fully saturated rings. The molecular weight excluding hydrogens is 734 g/mol. The Hall–Kier alpha value is -2.83. The van der Waals surface area contributed by atoms with Crippen molar-refractivity contribution in [2.24, 2.45) is 0 Å². The molecule has 0 bridgehead atoms. The molecule has 0 saturated heterocycles. The molecule has 4 heteroatoms. The average molecular weight is 769 g/mol. The third kappa shape index (κ3) is 7.03. The quantitative estimate of drug-likeness (QED) is 0.120. The van der Waals surface area contributed by atoms with Gasteiger partial charge in [0.05, 0.1) is 16.8 Å². The zero-order chi connectivity index (χ0) is 27.7. The summed E-state index contributed by atoms with van der Waals surface area (Å²) in [6.45, 7) is 0. The fourth-order valence-electron chi connectivity index (χ4n) is 6.26. The molecule has 42 heavy (non-hydrogen) atoms. The van der Waals surface area contributed by atoms with Gasteiger partial charge < -0.3 is 0 Å². The van der Waals surface area contributed by atoms with Crippen molar-refractivity contribution >= 4 is 81.4 Å². The van der Waals surface area contributed by atoms with Crippen molar-refractivity contribution in [2.75, 3.05) is 12.1 Å². The van der Waals surface area contributed by atoms with Crippen molar-refractivity contribution in [1.29, 1.82) is 0 Å². The average Bonchev–Trinajstić information content (AvgIpc) is 3.07. The molecule has 0 aliphatic rings. The maximum Gasteiger partial charge on any atom is 1.00 e. The second-order valence-electron chi connectivity index (χ2n) is 10.8. The minimum atomic E-state index is -1.15. The van der Waals surface area contributed by atoms with Gasteiger partial charge in [0.25, 0.3) is 0 Å². The Morgan fingerprint density at radius 2 is 0.714 bits per heavy atom. The van der Waals surface area contributed by atoms with E-state index >= 15 is 0 Å². The van der Waals surface area contributed by atoms with E-state index in [-0.39, 0.29) is 27.3 Å². The number of hydrogen-bond donors (Lipinski definition) is 0. The molecule has 0 radical (unpaired) electrons. The Balaban J connectivity index is 0.00000353. The van der Waals surface area contributed by atoms with Gasteiger partial charge in [-0.15, -0.1) is 6.06 Å². The van der Waals surface area contributed by atoms with Crippen LogP contribution in [0.1, 0.15) is 0 Å². The SMILES string of the molecule is [Tl+].c1ccc(P(C[B-](C[PH+](c2ccccc2)c2ccccc2)(c2ccccc2)c2ccccc2)c2ccccc2)cc1. The molecule has 0 atom stereocenters. The fourth-order valence-corrected chi connectivity index (χ4v) is 12.8. The molecular formula is C38H35BP2Tl+. The summed E-state index contributed by atoms with van der Waals surface area (Å²) in [5, 5.41) is 5.84. The maximum absolute atomic E-state index is 2.39. The Morgan fingerprint density at radius 3 is 1.07 bits per heavy atom. The van der Waals surface area contributed by atoms with Gasteiger partial charge in [-0.05, 0) is 40.9 Å². The number of hydrogen-bond acceptors (Lipinski definition) is 0. The van der Waals surface area contributed by atoms with Crippen LogP contribution in [0.4, 0.5) is 0 Å². The smallest absolute Gasteiger partial charge is 0.200 e. The van der Waals surface area contributed by atoms with E-state index < -0.39 is 22.0 Å². The van der Waals surface area contributed by atoms with E-state index in [1.807, 2.05) is 0 Å². The Labute approximate surface area is 273 Å². The van der Waals surface area contributed by atoms with Crippen LogP contribution in [0.2, 0.25) is 0 Å². The molecule has 0 aliphatic carbocycles. The maximum atomic E-state index is 2.39. The molecule has 0 N–H and O–H groups in total. The van der Waals surface area contributed by atoms with E-state index in [4.69, 9.17) is 0 Å². The predicted octanol–water partition coefficient (Wildman–Crippen LogP) is 5.95. The zero-order valence-corrected chi connectivity index (χ0v) is 30.2. The molecule has 6 aromatic carbocycles. The first kappa shape index (κ1) is 30.6. The van der Waals surface area contributed by atoms with Gasteiger partial charge in [0, 0.05) is 7.92 Å². The van der Waals surface area contributed by atoms with Crippen LogP contribution in [-0.4, -0.2) is 45.6 Å². The van der Waals surface area contributed by atoms with E-state index in [1.165, 1.54) is 32.1 Å². The normalized spacial score (nSPS) is 11.3. The van der Waals surface area contributed by atoms with Crippen LogP contribution < -0.4 is 32.1 Å². The topological polar surface area (TPSA) is 0 Å². The Kier molecular flexibility index (Phi) is 11.0. The van der Waals surface area contributed by atoms with Crippen LogP contribution in [0.5, 0.6) is 0 Å². The second-order valence-corrected chi connectivity index (χ2v) is 15.5. The van der Waals surface area contributed by atoms with Gasteiger partial charge in [0.2, 0.25) is 0 Å². The van der Waals surface area contributed by atoms with Crippen LogP contribution in [0.25, 0.3) is 0 Å². The van der Waals surface area contributed by atoms with Crippen molar-refractivity contribution < 1.29 is 0 Å². The van der Waals surface area contributed by atoms with E-state index in [2.05, 4.69) is 182 Å². The van der Waals surface area contributed by atoms with E-state index in [0.29, 0.717) is 0 Å². The molecule has 6 rings (SSSR count). The summed E-state index contributed by atoms with van der Waals surface area (Å²) in [7, 11) is -1.73. The molecule has 0 amide bonds. The molecule has 0 aromatic heterocycles. The molecule has 0 saturated carbocycles. The van der Waals surface area contributed by atoms with Gasteiger partial charge >= 0.3 is 27.3 Å². The molecule has 6 aromatic rings. The molecule has 0 spiro atoms. The summed E-state index contributed by atoms with van der Waals surface area (Å²) in [4.78, 5) is 0. The van der Waals surface area contributed by atoms with Crippen LogP contribution >= 0.6 is 15.8 Å². The predicted molar refractivity (Wildman–Crippen MR) is 193 cm³/mol.